The van der Waals surface area contributed by atoms with Crippen molar-refractivity contribution in [2.24, 2.45) is 7.05 Å². The zero-order valence-electron chi connectivity index (χ0n) is 17.8. The first kappa shape index (κ1) is 21.9. The lowest BCUT2D eigenvalue weighted by Gasteiger charge is -2.17. The van der Waals surface area contributed by atoms with Gasteiger partial charge in [0.1, 0.15) is 5.75 Å². The number of aryl methyl sites for hydroxylation is 1. The fourth-order valence-electron chi connectivity index (χ4n) is 3.08. The monoisotopic (exact) mass is 424 g/mol. The van der Waals surface area contributed by atoms with Crippen LogP contribution in [0.5, 0.6) is 5.75 Å². The molecule has 0 bridgehead atoms. The summed E-state index contributed by atoms with van der Waals surface area (Å²) >= 11 is 1.41. The van der Waals surface area contributed by atoms with Gasteiger partial charge in [0.2, 0.25) is 5.91 Å². The van der Waals surface area contributed by atoms with E-state index in [-0.39, 0.29) is 17.2 Å². The maximum Gasteiger partial charge on any atom is 0.233 e. The first-order chi connectivity index (χ1) is 14.5. The number of nitrogens with one attached hydrogen (secondary N) is 1. The molecule has 2 aromatic carbocycles. The average Bonchev–Trinajstić information content (AvgIpc) is 3.13. The molecule has 7 heteroatoms. The Morgan fingerprint density at radius 2 is 1.80 bits per heavy atom. The van der Waals surface area contributed by atoms with Crippen molar-refractivity contribution in [3.63, 3.8) is 0 Å². The van der Waals surface area contributed by atoms with Crippen molar-refractivity contribution in [3.8, 4) is 17.1 Å². The van der Waals surface area contributed by atoms with Crippen LogP contribution < -0.4 is 10.1 Å². The van der Waals surface area contributed by atoms with Gasteiger partial charge in [-0.25, -0.2) is 0 Å². The zero-order chi connectivity index (χ0) is 21.5. The second-order valence-corrected chi connectivity index (χ2v) is 8.60. The Morgan fingerprint density at radius 1 is 1.10 bits per heavy atom. The number of ether oxygens (including phenoxy) is 1. The van der Waals surface area contributed by atoms with E-state index in [1.165, 1.54) is 17.3 Å². The molecule has 3 rings (SSSR count). The summed E-state index contributed by atoms with van der Waals surface area (Å²) in [4.78, 5) is 12.6. The molecular weight excluding hydrogens is 396 g/mol. The molecule has 0 aliphatic heterocycles. The number of thioether (sulfide) groups is 1. The fraction of sp³-hybridized carbons (Fsp3) is 0.348. The van der Waals surface area contributed by atoms with Crippen molar-refractivity contribution in [2.75, 3.05) is 7.11 Å². The van der Waals surface area contributed by atoms with Crippen LogP contribution in [0.1, 0.15) is 25.8 Å². The van der Waals surface area contributed by atoms with Crippen LogP contribution in [-0.4, -0.2) is 39.1 Å². The molecule has 1 aromatic heterocycles. The molecule has 158 valence electrons. The summed E-state index contributed by atoms with van der Waals surface area (Å²) in [6.07, 6.45) is 1.84. The zero-order valence-corrected chi connectivity index (χ0v) is 18.6. The van der Waals surface area contributed by atoms with Crippen molar-refractivity contribution in [2.45, 2.75) is 43.1 Å². The Balaban J connectivity index is 1.55. The number of amides is 1. The quantitative estimate of drug-likeness (QED) is 0.524. The minimum absolute atomic E-state index is 0.00885. The van der Waals surface area contributed by atoms with Crippen LogP contribution in [-0.2, 0) is 18.3 Å². The summed E-state index contributed by atoms with van der Waals surface area (Å²) in [5, 5.41) is 12.1. The summed E-state index contributed by atoms with van der Waals surface area (Å²) < 4.78 is 7.11. The molecule has 6 nitrogen and oxygen atoms in total. The summed E-state index contributed by atoms with van der Waals surface area (Å²) in [6.45, 7) is 3.94. The van der Waals surface area contributed by atoms with Crippen molar-refractivity contribution in [1.29, 1.82) is 0 Å². The van der Waals surface area contributed by atoms with E-state index < -0.39 is 0 Å². The molecule has 3 aromatic rings. The largest absolute Gasteiger partial charge is 0.497 e. The van der Waals surface area contributed by atoms with E-state index in [4.69, 9.17) is 4.74 Å². The Labute approximate surface area is 182 Å². The summed E-state index contributed by atoms with van der Waals surface area (Å²) in [6, 6.07) is 18.1. The number of aromatic nitrogens is 3. The topological polar surface area (TPSA) is 69.0 Å². The third-order valence-electron chi connectivity index (χ3n) is 4.93. The number of rotatable bonds is 9. The highest BCUT2D eigenvalue weighted by Crippen LogP contribution is 2.26. The molecule has 1 heterocycles. The lowest BCUT2D eigenvalue weighted by Crippen LogP contribution is -2.38. The van der Waals surface area contributed by atoms with E-state index in [2.05, 4.69) is 27.6 Å². The minimum Gasteiger partial charge on any atom is -0.497 e. The molecule has 0 aliphatic carbocycles. The predicted octanol–water partition coefficient (Wildman–Crippen LogP) is 4.11. The number of benzene rings is 2. The molecule has 0 spiro atoms. The van der Waals surface area contributed by atoms with Crippen LogP contribution >= 0.6 is 11.8 Å². The van der Waals surface area contributed by atoms with E-state index in [1.807, 2.05) is 67.9 Å². The molecule has 2 atom stereocenters. The molecular formula is C23H28N4O2S. The molecule has 1 amide bonds. The van der Waals surface area contributed by atoms with Gasteiger partial charge in [-0.15, -0.1) is 10.2 Å². The second-order valence-electron chi connectivity index (χ2n) is 7.29. The van der Waals surface area contributed by atoms with Gasteiger partial charge in [-0.3, -0.25) is 4.79 Å². The van der Waals surface area contributed by atoms with Gasteiger partial charge < -0.3 is 14.6 Å². The van der Waals surface area contributed by atoms with Gasteiger partial charge in [0.05, 0.1) is 12.4 Å². The van der Waals surface area contributed by atoms with Crippen LogP contribution in [0.15, 0.2) is 59.8 Å². The highest BCUT2D eigenvalue weighted by molar-refractivity contribution is 8.00. The van der Waals surface area contributed by atoms with E-state index in [0.717, 1.165) is 30.0 Å². The number of methoxy groups -OCH3 is 1. The van der Waals surface area contributed by atoms with Gasteiger partial charge in [-0.2, -0.15) is 0 Å². The fourth-order valence-corrected chi connectivity index (χ4v) is 3.90. The van der Waals surface area contributed by atoms with Crippen molar-refractivity contribution in [3.05, 3.63) is 60.2 Å². The molecule has 0 saturated carbocycles. The first-order valence-electron chi connectivity index (χ1n) is 10.0. The lowest BCUT2D eigenvalue weighted by molar-refractivity contribution is -0.120. The Morgan fingerprint density at radius 3 is 2.47 bits per heavy atom. The number of hydrogen-bond acceptors (Lipinski definition) is 5. The van der Waals surface area contributed by atoms with Crippen LogP contribution in [0.4, 0.5) is 0 Å². The Bertz CT molecular complexity index is 957. The van der Waals surface area contributed by atoms with E-state index in [0.29, 0.717) is 5.16 Å². The van der Waals surface area contributed by atoms with Crippen LogP contribution in [0.25, 0.3) is 11.4 Å². The number of nitrogens with zero attached hydrogens (tertiary/aromatic N) is 3. The van der Waals surface area contributed by atoms with Crippen molar-refractivity contribution >= 4 is 17.7 Å². The number of carbonyl (C=O) groups excluding carboxylic acids is 1. The van der Waals surface area contributed by atoms with Gasteiger partial charge in [0.25, 0.3) is 0 Å². The van der Waals surface area contributed by atoms with Crippen LogP contribution in [0, 0.1) is 0 Å². The second kappa shape index (κ2) is 10.3. The minimum atomic E-state index is -0.268. The molecule has 0 fully saturated rings. The Hall–Kier alpha value is -2.80. The maximum atomic E-state index is 12.6. The van der Waals surface area contributed by atoms with Crippen LogP contribution in [0.2, 0.25) is 0 Å². The number of hydrogen-bond donors (Lipinski definition) is 1. The smallest absolute Gasteiger partial charge is 0.233 e. The van der Waals surface area contributed by atoms with E-state index >= 15 is 0 Å². The summed E-state index contributed by atoms with van der Waals surface area (Å²) in [7, 11) is 3.55. The van der Waals surface area contributed by atoms with Crippen molar-refractivity contribution in [1.82, 2.24) is 20.1 Å². The summed E-state index contributed by atoms with van der Waals surface area (Å²) in [5.41, 5.74) is 2.23. The molecule has 0 radical (unpaired) electrons. The average molecular weight is 425 g/mol. The van der Waals surface area contributed by atoms with Gasteiger partial charge in [-0.05, 0) is 56.5 Å². The lowest BCUT2D eigenvalue weighted by atomic mass is 10.1. The van der Waals surface area contributed by atoms with Gasteiger partial charge in [-0.1, -0.05) is 42.1 Å². The van der Waals surface area contributed by atoms with Gasteiger partial charge in [0.15, 0.2) is 11.0 Å². The normalized spacial score (nSPS) is 12.9. The van der Waals surface area contributed by atoms with Crippen LogP contribution in [0.3, 0.4) is 0 Å². The third kappa shape index (κ3) is 5.63. The molecule has 1 N–H and O–H groups in total. The third-order valence-corrected chi connectivity index (χ3v) is 6.07. The SMILES string of the molecule is COc1ccc(-c2nnc(SC(C)C(=O)NC(C)CCc3ccccc3)n2C)cc1. The predicted molar refractivity (Wildman–Crippen MR) is 121 cm³/mol. The Kier molecular flexibility index (Phi) is 7.52. The highest BCUT2D eigenvalue weighted by atomic mass is 32.2. The van der Waals surface area contributed by atoms with E-state index in [9.17, 15) is 4.79 Å². The standard InChI is InChI=1S/C23H28N4O2S/c1-16(10-11-18-8-6-5-7-9-18)24-22(28)17(2)30-23-26-25-21(27(23)3)19-12-14-20(29-4)15-13-19/h5-9,12-17H,10-11H2,1-4H3,(H,24,28). The van der Waals surface area contributed by atoms with Gasteiger partial charge >= 0.3 is 0 Å². The number of carbonyl (C=O) groups is 1. The van der Waals surface area contributed by atoms with E-state index in [1.54, 1.807) is 7.11 Å². The first-order valence-corrected chi connectivity index (χ1v) is 10.9. The molecule has 2 unspecified atom stereocenters. The maximum absolute atomic E-state index is 12.6. The molecule has 30 heavy (non-hydrogen) atoms. The molecule has 0 aliphatic rings. The van der Waals surface area contributed by atoms with Crippen molar-refractivity contribution < 1.29 is 9.53 Å². The summed E-state index contributed by atoms with van der Waals surface area (Å²) in [5.74, 6) is 1.56. The highest BCUT2D eigenvalue weighted by Gasteiger charge is 2.20. The van der Waals surface area contributed by atoms with Gasteiger partial charge in [0, 0.05) is 18.7 Å². The molecule has 0 saturated heterocycles.